The Bertz CT molecular complexity index is 1160. The summed E-state index contributed by atoms with van der Waals surface area (Å²) >= 11 is 0. The highest BCUT2D eigenvalue weighted by Gasteiger charge is 2.28. The molecule has 0 heterocycles. The van der Waals surface area contributed by atoms with Crippen LogP contribution in [0.25, 0.3) is 6.08 Å². The first-order valence-electron chi connectivity index (χ1n) is 14.7. The largest absolute Gasteiger partial charge is 0.462 e. The summed E-state index contributed by atoms with van der Waals surface area (Å²) in [5.74, 6) is -0.254. The van der Waals surface area contributed by atoms with Crippen LogP contribution in [0.3, 0.4) is 0 Å². The number of esters is 2. The predicted molar refractivity (Wildman–Crippen MR) is 165 cm³/mol. The lowest BCUT2D eigenvalue weighted by molar-refractivity contribution is -0.141. The minimum Gasteiger partial charge on any atom is -0.462 e. The van der Waals surface area contributed by atoms with E-state index in [2.05, 4.69) is 6.58 Å². The Labute approximate surface area is 244 Å². The molecule has 0 radical (unpaired) electrons. The van der Waals surface area contributed by atoms with Crippen LogP contribution < -0.4 is 16.2 Å². The summed E-state index contributed by atoms with van der Waals surface area (Å²) in [6.07, 6.45) is 14.4. The number of unbranched alkanes of at least 4 members (excludes halogenated alkanes) is 4. The summed E-state index contributed by atoms with van der Waals surface area (Å²) in [4.78, 5) is 25.0. The quantitative estimate of drug-likeness (QED) is 0.0600. The van der Waals surface area contributed by atoms with Crippen molar-refractivity contribution in [3.63, 3.8) is 0 Å². The van der Waals surface area contributed by atoms with Gasteiger partial charge in [0.15, 0.2) is 0 Å². The van der Waals surface area contributed by atoms with Crippen molar-refractivity contribution in [2.24, 2.45) is 5.92 Å². The number of rotatable bonds is 15. The predicted octanol–water partition coefficient (Wildman–Crippen LogP) is 7.00. The molecule has 0 aliphatic heterocycles. The molecule has 7 heteroatoms. The molecule has 2 aromatic carbocycles. The Morgan fingerprint density at radius 1 is 0.976 bits per heavy atom. The van der Waals surface area contributed by atoms with Crippen molar-refractivity contribution in [3.8, 4) is 5.75 Å². The average Bonchev–Trinajstić information content (AvgIpc) is 2.95. The van der Waals surface area contributed by atoms with Gasteiger partial charge in [-0.1, -0.05) is 51.0 Å². The van der Waals surface area contributed by atoms with Gasteiger partial charge in [-0.05, 0) is 86.4 Å². The highest BCUT2D eigenvalue weighted by Crippen LogP contribution is 2.30. The third kappa shape index (κ3) is 10.7. The molecule has 0 saturated heterocycles. The first kappa shape index (κ1) is 31.9. The molecule has 1 aliphatic carbocycles. The molecule has 0 atom stereocenters. The third-order valence-electron chi connectivity index (χ3n) is 7.55. The first-order chi connectivity index (χ1) is 19.7. The number of allylic oxidation sites excluding steroid dienone is 1. The van der Waals surface area contributed by atoms with E-state index >= 15 is 0 Å². The number of carbonyl (C=O) groups excluding carboxylic acids is 2. The van der Waals surface area contributed by atoms with Crippen molar-refractivity contribution in [2.45, 2.75) is 83.2 Å². The number of hydrogen-bond donors (Lipinski definition) is 2. The van der Waals surface area contributed by atoms with Gasteiger partial charge in [-0.15, -0.1) is 6.58 Å². The normalized spacial score (nSPS) is 17.3. The Hall–Kier alpha value is -3.58. The Morgan fingerprint density at radius 3 is 2.37 bits per heavy atom. The van der Waals surface area contributed by atoms with Crippen LogP contribution in [0.5, 0.6) is 5.75 Å². The van der Waals surface area contributed by atoms with Gasteiger partial charge < -0.3 is 25.7 Å². The summed E-state index contributed by atoms with van der Waals surface area (Å²) < 4.78 is 17.1. The average molecular weight is 563 g/mol. The van der Waals surface area contributed by atoms with Crippen molar-refractivity contribution in [1.82, 2.24) is 0 Å². The van der Waals surface area contributed by atoms with Crippen molar-refractivity contribution in [2.75, 3.05) is 24.7 Å². The van der Waals surface area contributed by atoms with E-state index in [1.54, 1.807) is 42.5 Å². The molecule has 0 bridgehead atoms. The van der Waals surface area contributed by atoms with Gasteiger partial charge in [0.1, 0.15) is 12.4 Å². The lowest BCUT2D eigenvalue weighted by atomic mass is 9.84. The number of benzene rings is 2. The van der Waals surface area contributed by atoms with Crippen LogP contribution in [0, 0.1) is 5.92 Å². The summed E-state index contributed by atoms with van der Waals surface area (Å²) in [6.45, 7) is 8.64. The van der Waals surface area contributed by atoms with Crippen LogP contribution in [0.4, 0.5) is 11.4 Å². The van der Waals surface area contributed by atoms with Gasteiger partial charge in [0.2, 0.25) is 0 Å². The number of hydrogen-bond acceptors (Lipinski definition) is 7. The first-order valence-corrected chi connectivity index (χ1v) is 14.7. The minimum atomic E-state index is -0.468. The fourth-order valence-corrected chi connectivity index (χ4v) is 5.05. The fraction of sp³-hybridized carbons (Fsp3) is 0.471. The van der Waals surface area contributed by atoms with E-state index in [1.807, 2.05) is 26.0 Å². The molecular weight excluding hydrogens is 516 g/mol. The van der Waals surface area contributed by atoms with E-state index in [1.165, 1.54) is 25.3 Å². The van der Waals surface area contributed by atoms with Gasteiger partial charge in [0.05, 0.1) is 12.0 Å². The van der Waals surface area contributed by atoms with Gasteiger partial charge in [-0.2, -0.15) is 0 Å². The molecule has 0 spiro atoms. The molecule has 1 fully saturated rings. The van der Waals surface area contributed by atoms with Gasteiger partial charge in [0.25, 0.3) is 0 Å². The number of ether oxygens (including phenoxy) is 3. The number of carbonyl (C=O) groups is 2. The smallest absolute Gasteiger partial charge is 0.330 e. The zero-order valence-electron chi connectivity index (χ0n) is 24.6. The van der Waals surface area contributed by atoms with Gasteiger partial charge in [-0.3, -0.25) is 4.79 Å². The fourth-order valence-electron chi connectivity index (χ4n) is 5.05. The number of anilines is 2. The zero-order valence-corrected chi connectivity index (χ0v) is 24.6. The second-order valence-corrected chi connectivity index (χ2v) is 11.5. The standard InChI is InChI=1S/C34H46N2O5/c1-4-5-6-7-8-9-22-39-28-18-13-26(14-19-28)33(38)41-29-16-10-25(11-17-29)12-21-32(37)40-24-34(2,3)30-20-15-27(35)23-31(30)36/h4,10-12,15-17,20-21,23,26,28H,1,5-9,13-14,18-19,22,24,35-36H2,2-3H3. The molecule has 1 saturated carbocycles. The van der Waals surface area contributed by atoms with Crippen LogP contribution in [0.1, 0.15) is 82.8 Å². The monoisotopic (exact) mass is 562 g/mol. The molecule has 3 rings (SSSR count). The van der Waals surface area contributed by atoms with Crippen LogP contribution in [0.2, 0.25) is 0 Å². The number of nitrogens with two attached hydrogens (primary N) is 2. The lowest BCUT2D eigenvalue weighted by Crippen LogP contribution is -2.29. The van der Waals surface area contributed by atoms with E-state index in [0.29, 0.717) is 17.1 Å². The molecule has 2 aromatic rings. The molecule has 4 N–H and O–H groups in total. The van der Waals surface area contributed by atoms with E-state index < -0.39 is 11.4 Å². The maximum Gasteiger partial charge on any atom is 0.330 e. The van der Waals surface area contributed by atoms with Crippen LogP contribution in [0.15, 0.2) is 61.2 Å². The highest BCUT2D eigenvalue weighted by molar-refractivity contribution is 5.87. The van der Waals surface area contributed by atoms with E-state index in [-0.39, 0.29) is 24.6 Å². The molecule has 0 amide bonds. The topological polar surface area (TPSA) is 114 Å². The summed E-state index contributed by atoms with van der Waals surface area (Å²) in [6, 6.07) is 12.4. The van der Waals surface area contributed by atoms with Crippen LogP contribution in [-0.2, 0) is 24.5 Å². The van der Waals surface area contributed by atoms with Crippen molar-refractivity contribution in [3.05, 3.63) is 72.3 Å². The van der Waals surface area contributed by atoms with Gasteiger partial charge in [-0.25, -0.2) is 4.79 Å². The minimum absolute atomic E-state index is 0.101. The lowest BCUT2D eigenvalue weighted by Gasteiger charge is -2.27. The Morgan fingerprint density at radius 2 is 1.68 bits per heavy atom. The maximum absolute atomic E-state index is 12.7. The third-order valence-corrected chi connectivity index (χ3v) is 7.55. The van der Waals surface area contributed by atoms with Crippen molar-refractivity contribution in [1.29, 1.82) is 0 Å². The Balaban J connectivity index is 1.36. The summed E-state index contributed by atoms with van der Waals surface area (Å²) in [7, 11) is 0. The molecule has 222 valence electrons. The summed E-state index contributed by atoms with van der Waals surface area (Å²) in [5.41, 5.74) is 14.2. The van der Waals surface area contributed by atoms with Crippen LogP contribution >= 0.6 is 0 Å². The molecule has 41 heavy (non-hydrogen) atoms. The molecular formula is C34H46N2O5. The van der Waals surface area contributed by atoms with Crippen molar-refractivity contribution < 1.29 is 23.8 Å². The second-order valence-electron chi connectivity index (χ2n) is 11.5. The molecule has 0 unspecified atom stereocenters. The highest BCUT2D eigenvalue weighted by atomic mass is 16.5. The van der Waals surface area contributed by atoms with Gasteiger partial charge >= 0.3 is 11.9 Å². The second kappa shape index (κ2) is 16.0. The van der Waals surface area contributed by atoms with Crippen molar-refractivity contribution >= 4 is 29.4 Å². The van der Waals surface area contributed by atoms with E-state index in [4.69, 9.17) is 25.7 Å². The zero-order chi connectivity index (χ0) is 29.7. The summed E-state index contributed by atoms with van der Waals surface area (Å²) in [5, 5.41) is 0. The molecule has 1 aliphatic rings. The molecule has 0 aromatic heterocycles. The molecule has 7 nitrogen and oxygen atoms in total. The Kier molecular flexibility index (Phi) is 12.5. The SMILES string of the molecule is C=CCCCCCCOC1CCC(C(=O)Oc2ccc(C=CC(=O)OCC(C)(C)c3ccc(N)cc3N)cc2)CC1. The number of nitrogen functional groups attached to an aromatic ring is 2. The van der Waals surface area contributed by atoms with Crippen LogP contribution in [-0.4, -0.2) is 31.3 Å². The van der Waals surface area contributed by atoms with E-state index in [9.17, 15) is 9.59 Å². The maximum atomic E-state index is 12.7. The van der Waals surface area contributed by atoms with E-state index in [0.717, 1.165) is 56.3 Å². The van der Waals surface area contributed by atoms with Gasteiger partial charge in [0, 0.05) is 29.5 Å².